The SMILES string of the molecule is O=C(COc1cccc(F)c1)N1CCSc2ccccc21. The summed E-state index contributed by atoms with van der Waals surface area (Å²) in [5.74, 6) is 0.734. The predicted molar refractivity (Wildman–Crippen MR) is 81.4 cm³/mol. The molecule has 0 saturated heterocycles. The van der Waals surface area contributed by atoms with Gasteiger partial charge in [0.2, 0.25) is 0 Å². The lowest BCUT2D eigenvalue weighted by atomic mass is 10.2. The molecule has 0 saturated carbocycles. The monoisotopic (exact) mass is 303 g/mol. The Morgan fingerprint density at radius 2 is 2.10 bits per heavy atom. The normalized spacial score (nSPS) is 13.7. The van der Waals surface area contributed by atoms with Crippen LogP contribution in [0.25, 0.3) is 0 Å². The third kappa shape index (κ3) is 3.19. The van der Waals surface area contributed by atoms with Gasteiger partial charge < -0.3 is 9.64 Å². The molecule has 0 radical (unpaired) electrons. The molecule has 0 fully saturated rings. The Morgan fingerprint density at radius 3 is 2.95 bits per heavy atom. The van der Waals surface area contributed by atoms with Gasteiger partial charge in [0.05, 0.1) is 5.69 Å². The zero-order chi connectivity index (χ0) is 14.7. The molecule has 0 bridgehead atoms. The van der Waals surface area contributed by atoms with E-state index in [1.54, 1.807) is 28.8 Å². The number of benzene rings is 2. The van der Waals surface area contributed by atoms with E-state index in [1.807, 2.05) is 24.3 Å². The first kappa shape index (κ1) is 13.9. The van der Waals surface area contributed by atoms with Crippen molar-refractivity contribution in [3.8, 4) is 5.75 Å². The number of anilines is 1. The number of fused-ring (bicyclic) bond motifs is 1. The highest BCUT2D eigenvalue weighted by molar-refractivity contribution is 7.99. The van der Waals surface area contributed by atoms with E-state index in [1.165, 1.54) is 12.1 Å². The molecule has 3 rings (SSSR count). The summed E-state index contributed by atoms with van der Waals surface area (Å²) in [4.78, 5) is 15.1. The molecule has 108 valence electrons. The van der Waals surface area contributed by atoms with E-state index in [0.29, 0.717) is 12.3 Å². The zero-order valence-corrected chi connectivity index (χ0v) is 12.1. The fourth-order valence-corrected chi connectivity index (χ4v) is 3.20. The maximum absolute atomic E-state index is 13.1. The Hall–Kier alpha value is -2.01. The Bertz CT molecular complexity index is 662. The number of thioether (sulfide) groups is 1. The van der Waals surface area contributed by atoms with Crippen LogP contribution in [0.1, 0.15) is 0 Å². The Kier molecular flexibility index (Phi) is 4.10. The molecule has 0 aliphatic carbocycles. The van der Waals surface area contributed by atoms with Crippen molar-refractivity contribution in [2.45, 2.75) is 4.90 Å². The van der Waals surface area contributed by atoms with Gasteiger partial charge in [-0.3, -0.25) is 4.79 Å². The number of rotatable bonds is 3. The number of amides is 1. The van der Waals surface area contributed by atoms with Gasteiger partial charge in [-0.2, -0.15) is 0 Å². The van der Waals surface area contributed by atoms with E-state index in [-0.39, 0.29) is 18.3 Å². The number of carbonyl (C=O) groups is 1. The second-order valence-electron chi connectivity index (χ2n) is 4.61. The van der Waals surface area contributed by atoms with Gasteiger partial charge in [0.25, 0.3) is 5.91 Å². The molecule has 0 N–H and O–H groups in total. The lowest BCUT2D eigenvalue weighted by molar-refractivity contribution is -0.120. The summed E-state index contributed by atoms with van der Waals surface area (Å²) >= 11 is 1.74. The molecule has 1 aliphatic rings. The minimum Gasteiger partial charge on any atom is -0.484 e. The molecule has 0 unspecified atom stereocenters. The number of hydrogen-bond acceptors (Lipinski definition) is 3. The molecule has 21 heavy (non-hydrogen) atoms. The minimum absolute atomic E-state index is 0.0948. The highest BCUT2D eigenvalue weighted by atomic mass is 32.2. The van der Waals surface area contributed by atoms with Crippen LogP contribution < -0.4 is 9.64 Å². The van der Waals surface area contributed by atoms with Crippen molar-refractivity contribution in [1.29, 1.82) is 0 Å². The van der Waals surface area contributed by atoms with Crippen LogP contribution in [0.3, 0.4) is 0 Å². The average Bonchev–Trinajstić information content (AvgIpc) is 2.52. The van der Waals surface area contributed by atoms with Gasteiger partial charge in [0.1, 0.15) is 11.6 Å². The van der Waals surface area contributed by atoms with Gasteiger partial charge in [-0.1, -0.05) is 18.2 Å². The predicted octanol–water partition coefficient (Wildman–Crippen LogP) is 3.34. The topological polar surface area (TPSA) is 29.5 Å². The molecule has 5 heteroatoms. The molecule has 0 aromatic heterocycles. The van der Waals surface area contributed by atoms with Crippen LogP contribution in [0.15, 0.2) is 53.4 Å². The number of halogens is 1. The van der Waals surface area contributed by atoms with Crippen molar-refractivity contribution in [3.63, 3.8) is 0 Å². The maximum atomic E-state index is 13.1. The third-order valence-corrected chi connectivity index (χ3v) is 4.23. The molecule has 2 aromatic rings. The average molecular weight is 303 g/mol. The molecule has 1 aliphatic heterocycles. The first-order chi connectivity index (χ1) is 10.2. The van der Waals surface area contributed by atoms with E-state index in [9.17, 15) is 9.18 Å². The smallest absolute Gasteiger partial charge is 0.264 e. The highest BCUT2D eigenvalue weighted by Crippen LogP contribution is 2.34. The van der Waals surface area contributed by atoms with Gasteiger partial charge in [0, 0.05) is 23.3 Å². The molecular weight excluding hydrogens is 289 g/mol. The molecule has 0 spiro atoms. The standard InChI is InChI=1S/C16H14FNO2S/c17-12-4-3-5-13(10-12)20-11-16(19)18-8-9-21-15-7-2-1-6-14(15)18/h1-7,10H,8-9,11H2. The van der Waals surface area contributed by atoms with Gasteiger partial charge in [-0.25, -0.2) is 4.39 Å². The summed E-state index contributed by atoms with van der Waals surface area (Å²) in [6.45, 7) is 0.565. The number of hydrogen-bond donors (Lipinski definition) is 0. The van der Waals surface area contributed by atoms with Crippen LogP contribution >= 0.6 is 11.8 Å². The van der Waals surface area contributed by atoms with E-state index < -0.39 is 0 Å². The summed E-state index contributed by atoms with van der Waals surface area (Å²) in [6, 6.07) is 13.6. The van der Waals surface area contributed by atoms with Crippen LogP contribution in [0.2, 0.25) is 0 Å². The second kappa shape index (κ2) is 6.18. The summed E-state index contributed by atoms with van der Waals surface area (Å²) < 4.78 is 18.4. The van der Waals surface area contributed by atoms with Gasteiger partial charge >= 0.3 is 0 Å². The minimum atomic E-state index is -0.375. The zero-order valence-electron chi connectivity index (χ0n) is 11.3. The summed E-state index contributed by atoms with van der Waals surface area (Å²) in [6.07, 6.45) is 0. The molecule has 0 atom stereocenters. The third-order valence-electron chi connectivity index (χ3n) is 3.19. The molecule has 3 nitrogen and oxygen atoms in total. The lowest BCUT2D eigenvalue weighted by Crippen LogP contribution is -2.38. The summed E-state index contributed by atoms with van der Waals surface area (Å²) in [7, 11) is 0. The van der Waals surface area contributed by atoms with Crippen molar-refractivity contribution >= 4 is 23.4 Å². The molecular formula is C16H14FNO2S. The fourth-order valence-electron chi connectivity index (χ4n) is 2.21. The number of para-hydroxylation sites is 1. The molecule has 2 aromatic carbocycles. The first-order valence-corrected chi connectivity index (χ1v) is 7.63. The van der Waals surface area contributed by atoms with Gasteiger partial charge in [0.15, 0.2) is 6.61 Å². The van der Waals surface area contributed by atoms with Crippen molar-refractivity contribution in [1.82, 2.24) is 0 Å². The Balaban J connectivity index is 1.69. The van der Waals surface area contributed by atoms with Crippen molar-refractivity contribution in [3.05, 3.63) is 54.3 Å². The highest BCUT2D eigenvalue weighted by Gasteiger charge is 2.22. The van der Waals surface area contributed by atoms with Gasteiger partial charge in [-0.15, -0.1) is 11.8 Å². The van der Waals surface area contributed by atoms with Crippen LogP contribution in [-0.4, -0.2) is 24.8 Å². The molecule has 1 heterocycles. The van der Waals surface area contributed by atoms with Crippen LogP contribution in [-0.2, 0) is 4.79 Å². The van der Waals surface area contributed by atoms with E-state index in [0.717, 1.165) is 16.3 Å². The first-order valence-electron chi connectivity index (χ1n) is 6.64. The second-order valence-corrected chi connectivity index (χ2v) is 5.74. The van der Waals surface area contributed by atoms with Crippen molar-refractivity contribution < 1.29 is 13.9 Å². The number of nitrogens with zero attached hydrogens (tertiary/aromatic N) is 1. The van der Waals surface area contributed by atoms with E-state index in [2.05, 4.69) is 0 Å². The summed E-state index contributed by atoms with van der Waals surface area (Å²) in [5.41, 5.74) is 0.918. The van der Waals surface area contributed by atoms with E-state index >= 15 is 0 Å². The summed E-state index contributed by atoms with van der Waals surface area (Å²) in [5, 5.41) is 0. The van der Waals surface area contributed by atoms with Gasteiger partial charge in [-0.05, 0) is 24.3 Å². The Morgan fingerprint density at radius 1 is 1.24 bits per heavy atom. The van der Waals surface area contributed by atoms with Crippen LogP contribution in [0.5, 0.6) is 5.75 Å². The van der Waals surface area contributed by atoms with Crippen LogP contribution in [0, 0.1) is 5.82 Å². The van der Waals surface area contributed by atoms with Crippen molar-refractivity contribution in [2.24, 2.45) is 0 Å². The number of carbonyl (C=O) groups excluding carboxylic acids is 1. The van der Waals surface area contributed by atoms with E-state index in [4.69, 9.17) is 4.74 Å². The fraction of sp³-hybridized carbons (Fsp3) is 0.188. The number of ether oxygens (including phenoxy) is 1. The molecule has 1 amide bonds. The largest absolute Gasteiger partial charge is 0.484 e. The lowest BCUT2D eigenvalue weighted by Gasteiger charge is -2.28. The van der Waals surface area contributed by atoms with Crippen molar-refractivity contribution in [2.75, 3.05) is 23.8 Å². The quantitative estimate of drug-likeness (QED) is 0.871. The van der Waals surface area contributed by atoms with Crippen LogP contribution in [0.4, 0.5) is 10.1 Å². The maximum Gasteiger partial charge on any atom is 0.264 e. The Labute approximate surface area is 126 Å².